The molecule has 0 bridgehead atoms. The summed E-state index contributed by atoms with van der Waals surface area (Å²) >= 11 is 0. The maximum absolute atomic E-state index is 12.4. The summed E-state index contributed by atoms with van der Waals surface area (Å²) in [5.41, 5.74) is -0.324. The van der Waals surface area contributed by atoms with Gasteiger partial charge in [-0.2, -0.15) is 0 Å². The number of ketones is 1. The van der Waals surface area contributed by atoms with Crippen LogP contribution >= 0.6 is 0 Å². The Morgan fingerprint density at radius 2 is 1.87 bits per heavy atom. The Morgan fingerprint density at radius 1 is 1.22 bits per heavy atom. The first-order valence-electron chi connectivity index (χ1n) is 8.61. The molecule has 130 valence electrons. The molecule has 1 spiro atoms. The molecular weight excluding hydrogens is 296 g/mol. The summed E-state index contributed by atoms with van der Waals surface area (Å²) in [5.74, 6) is -1.55. The van der Waals surface area contributed by atoms with E-state index in [1.165, 1.54) is 7.11 Å². The third-order valence-corrected chi connectivity index (χ3v) is 6.17. The van der Waals surface area contributed by atoms with Gasteiger partial charge in [-0.1, -0.05) is 20.8 Å². The van der Waals surface area contributed by atoms with E-state index in [1.54, 1.807) is 0 Å². The van der Waals surface area contributed by atoms with Gasteiger partial charge in [0.25, 0.3) is 0 Å². The number of esters is 1. The van der Waals surface area contributed by atoms with Gasteiger partial charge in [-0.05, 0) is 25.2 Å². The lowest BCUT2D eigenvalue weighted by Crippen LogP contribution is -2.64. The van der Waals surface area contributed by atoms with Crippen LogP contribution < -0.4 is 0 Å². The molecular formula is C18H28O5. The number of methoxy groups -OCH3 is 1. The second kappa shape index (κ2) is 5.55. The second-order valence-electron chi connectivity index (χ2n) is 8.45. The molecule has 1 saturated heterocycles. The van der Waals surface area contributed by atoms with Gasteiger partial charge in [-0.15, -0.1) is 0 Å². The number of ether oxygens (including phenoxy) is 3. The predicted octanol–water partition coefficient (Wildman–Crippen LogP) is 2.71. The monoisotopic (exact) mass is 324 g/mol. The van der Waals surface area contributed by atoms with E-state index in [0.717, 1.165) is 19.3 Å². The molecule has 3 rings (SSSR count). The molecule has 0 N–H and O–H groups in total. The van der Waals surface area contributed by atoms with Gasteiger partial charge in [0.05, 0.1) is 20.3 Å². The SMILES string of the molecule is COC(=O)C1C[C@@]2(C)[C@H](CCCC23OCC(C)(C)CO3)CC1=O. The fourth-order valence-electron chi connectivity index (χ4n) is 4.61. The Kier molecular flexibility index (Phi) is 4.08. The van der Waals surface area contributed by atoms with Crippen LogP contribution in [0.25, 0.3) is 0 Å². The van der Waals surface area contributed by atoms with E-state index < -0.39 is 17.7 Å². The quantitative estimate of drug-likeness (QED) is 0.548. The third kappa shape index (κ3) is 2.62. The van der Waals surface area contributed by atoms with E-state index in [2.05, 4.69) is 20.8 Å². The van der Waals surface area contributed by atoms with Gasteiger partial charge in [0.1, 0.15) is 11.7 Å². The van der Waals surface area contributed by atoms with Gasteiger partial charge in [0, 0.05) is 23.7 Å². The van der Waals surface area contributed by atoms with Crippen molar-refractivity contribution < 1.29 is 23.8 Å². The van der Waals surface area contributed by atoms with Crippen molar-refractivity contribution in [3.8, 4) is 0 Å². The Hall–Kier alpha value is -0.940. The number of rotatable bonds is 1. The van der Waals surface area contributed by atoms with Crippen LogP contribution in [-0.2, 0) is 23.8 Å². The van der Waals surface area contributed by atoms with Crippen molar-refractivity contribution >= 4 is 11.8 Å². The first-order chi connectivity index (χ1) is 10.7. The maximum atomic E-state index is 12.4. The van der Waals surface area contributed by atoms with E-state index in [0.29, 0.717) is 26.1 Å². The normalized spacial score (nSPS) is 38.9. The van der Waals surface area contributed by atoms with Gasteiger partial charge >= 0.3 is 5.97 Å². The lowest BCUT2D eigenvalue weighted by molar-refractivity contribution is -0.370. The van der Waals surface area contributed by atoms with E-state index in [1.807, 2.05) is 0 Å². The first kappa shape index (κ1) is 16.9. The molecule has 5 heteroatoms. The molecule has 0 amide bonds. The highest BCUT2D eigenvalue weighted by molar-refractivity contribution is 5.99. The molecule has 0 aromatic heterocycles. The number of carbonyl (C=O) groups excluding carboxylic acids is 2. The van der Waals surface area contributed by atoms with Crippen molar-refractivity contribution in [2.24, 2.45) is 22.7 Å². The number of fused-ring (bicyclic) bond motifs is 2. The van der Waals surface area contributed by atoms with Gasteiger partial charge in [-0.3, -0.25) is 9.59 Å². The largest absolute Gasteiger partial charge is 0.468 e. The fraction of sp³-hybridized carbons (Fsp3) is 0.889. The molecule has 1 heterocycles. The summed E-state index contributed by atoms with van der Waals surface area (Å²) < 4.78 is 17.5. The molecule has 0 radical (unpaired) electrons. The highest BCUT2D eigenvalue weighted by Crippen LogP contribution is 2.59. The van der Waals surface area contributed by atoms with Crippen LogP contribution in [0.3, 0.4) is 0 Å². The summed E-state index contributed by atoms with van der Waals surface area (Å²) in [4.78, 5) is 24.4. The molecule has 2 aliphatic carbocycles. The van der Waals surface area contributed by atoms with Gasteiger partial charge in [0.15, 0.2) is 5.79 Å². The van der Waals surface area contributed by atoms with Crippen molar-refractivity contribution in [2.75, 3.05) is 20.3 Å². The average molecular weight is 324 g/mol. The zero-order valence-electron chi connectivity index (χ0n) is 14.6. The Bertz CT molecular complexity index is 502. The summed E-state index contributed by atoms with van der Waals surface area (Å²) in [6, 6.07) is 0. The number of hydrogen-bond donors (Lipinski definition) is 0. The highest BCUT2D eigenvalue weighted by Gasteiger charge is 2.62. The molecule has 1 aliphatic heterocycles. The Morgan fingerprint density at radius 3 is 2.48 bits per heavy atom. The van der Waals surface area contributed by atoms with Gasteiger partial charge in [-0.25, -0.2) is 0 Å². The van der Waals surface area contributed by atoms with Crippen LogP contribution in [0.15, 0.2) is 0 Å². The number of hydrogen-bond acceptors (Lipinski definition) is 5. The minimum Gasteiger partial charge on any atom is -0.468 e. The third-order valence-electron chi connectivity index (χ3n) is 6.17. The second-order valence-corrected chi connectivity index (χ2v) is 8.45. The molecule has 5 nitrogen and oxygen atoms in total. The standard InChI is InChI=1S/C18H28O5/c1-16(2)10-22-18(23-11-16)7-5-6-12-8-14(19)13(15(20)21-4)9-17(12,18)3/h12-13H,5-11H2,1-4H3/t12-,13?,17+/m1/s1. The van der Waals surface area contributed by atoms with E-state index >= 15 is 0 Å². The van der Waals surface area contributed by atoms with Crippen molar-refractivity contribution in [1.82, 2.24) is 0 Å². The zero-order chi connectivity index (χ0) is 16.9. The Labute approximate surface area is 138 Å². The predicted molar refractivity (Wildman–Crippen MR) is 83.6 cm³/mol. The molecule has 0 aromatic rings. The summed E-state index contributed by atoms with van der Waals surface area (Å²) in [7, 11) is 1.34. The summed E-state index contributed by atoms with van der Waals surface area (Å²) in [5, 5.41) is 0. The zero-order valence-corrected chi connectivity index (χ0v) is 14.6. The molecule has 2 saturated carbocycles. The smallest absolute Gasteiger partial charge is 0.316 e. The lowest BCUT2D eigenvalue weighted by atomic mass is 9.54. The van der Waals surface area contributed by atoms with Crippen LogP contribution in [0, 0.1) is 22.7 Å². The fourth-order valence-corrected chi connectivity index (χ4v) is 4.61. The average Bonchev–Trinajstić information content (AvgIpc) is 2.51. The molecule has 3 atom stereocenters. The summed E-state index contributed by atoms with van der Waals surface area (Å²) in [6.07, 6.45) is 3.71. The molecule has 3 fully saturated rings. The van der Waals surface area contributed by atoms with E-state index in [4.69, 9.17) is 14.2 Å². The minimum absolute atomic E-state index is 0.000784. The van der Waals surface area contributed by atoms with Crippen LogP contribution in [0.5, 0.6) is 0 Å². The molecule has 1 unspecified atom stereocenters. The van der Waals surface area contributed by atoms with Crippen molar-refractivity contribution in [3.05, 3.63) is 0 Å². The first-order valence-corrected chi connectivity index (χ1v) is 8.61. The number of carbonyl (C=O) groups is 2. The maximum Gasteiger partial charge on any atom is 0.316 e. The van der Waals surface area contributed by atoms with Crippen molar-refractivity contribution in [2.45, 2.75) is 58.7 Å². The van der Waals surface area contributed by atoms with Crippen LogP contribution in [0.4, 0.5) is 0 Å². The van der Waals surface area contributed by atoms with Crippen LogP contribution in [0.1, 0.15) is 52.9 Å². The molecule has 0 aromatic carbocycles. The van der Waals surface area contributed by atoms with Gasteiger partial charge in [0.2, 0.25) is 0 Å². The van der Waals surface area contributed by atoms with Crippen LogP contribution in [-0.4, -0.2) is 37.9 Å². The molecule has 23 heavy (non-hydrogen) atoms. The molecule has 3 aliphatic rings. The number of Topliss-reactive ketones (excluding diaryl/α,β-unsaturated/α-hetero) is 1. The van der Waals surface area contributed by atoms with Crippen molar-refractivity contribution in [3.63, 3.8) is 0 Å². The lowest BCUT2D eigenvalue weighted by Gasteiger charge is -2.60. The van der Waals surface area contributed by atoms with E-state index in [-0.39, 0.29) is 22.5 Å². The minimum atomic E-state index is -0.682. The Balaban J connectivity index is 1.90. The highest BCUT2D eigenvalue weighted by atomic mass is 16.7. The van der Waals surface area contributed by atoms with Gasteiger partial charge < -0.3 is 14.2 Å². The topological polar surface area (TPSA) is 61.8 Å². The van der Waals surface area contributed by atoms with Crippen molar-refractivity contribution in [1.29, 1.82) is 0 Å². The summed E-state index contributed by atoms with van der Waals surface area (Å²) in [6.45, 7) is 7.68. The van der Waals surface area contributed by atoms with Crippen LogP contribution in [0.2, 0.25) is 0 Å². The van der Waals surface area contributed by atoms with E-state index in [9.17, 15) is 9.59 Å².